The highest BCUT2D eigenvalue weighted by atomic mass is 35.5. The normalized spacial score (nSPS) is 36.7. The molecule has 9 heavy (non-hydrogen) atoms. The third-order valence-corrected chi connectivity index (χ3v) is 2.26. The molecule has 0 radical (unpaired) electrons. The third kappa shape index (κ3) is 1.84. The molecule has 0 aliphatic carbocycles. The van der Waals surface area contributed by atoms with Crippen molar-refractivity contribution in [2.45, 2.75) is 37.7 Å². The molecule has 1 aliphatic rings. The van der Waals surface area contributed by atoms with Crippen molar-refractivity contribution in [1.29, 1.82) is 0 Å². The Bertz CT molecular complexity index is 85.0. The highest BCUT2D eigenvalue weighted by Crippen LogP contribution is 2.20. The summed E-state index contributed by atoms with van der Waals surface area (Å²) in [5.41, 5.74) is 0. The lowest BCUT2D eigenvalue weighted by atomic mass is 10.1. The Balaban J connectivity index is 2.30. The van der Waals surface area contributed by atoms with Crippen LogP contribution in [0.1, 0.15) is 26.2 Å². The van der Waals surface area contributed by atoms with Crippen molar-refractivity contribution >= 4 is 11.6 Å². The van der Waals surface area contributed by atoms with Gasteiger partial charge in [-0.2, -0.15) is 0 Å². The highest BCUT2D eigenvalue weighted by Gasteiger charge is 2.21. The molecule has 1 aliphatic heterocycles. The first-order valence-corrected chi connectivity index (χ1v) is 4.04. The molecule has 2 atom stereocenters. The molecule has 0 bridgehead atoms. The number of hydrogen-bond acceptors (Lipinski definition) is 1. The van der Waals surface area contributed by atoms with Gasteiger partial charge < -0.3 is 4.74 Å². The summed E-state index contributed by atoms with van der Waals surface area (Å²) in [6, 6.07) is 0. The summed E-state index contributed by atoms with van der Waals surface area (Å²) in [7, 11) is 0. The topological polar surface area (TPSA) is 9.23 Å². The molecule has 0 saturated carbocycles. The molecular weight excluding hydrogens is 136 g/mol. The standard InChI is InChI=1S/C7H13ClO/c1-2-7-6(8)4-3-5-9-7/h6-7H,2-5H2,1H3/t6-,7+/m1/s1. The SMILES string of the molecule is CC[C@@H]1OCCC[C@H]1Cl. The minimum Gasteiger partial charge on any atom is -0.377 e. The van der Waals surface area contributed by atoms with Gasteiger partial charge in [0.2, 0.25) is 0 Å². The Morgan fingerprint density at radius 2 is 2.44 bits per heavy atom. The second kappa shape index (κ2) is 3.43. The van der Waals surface area contributed by atoms with Crippen LogP contribution in [-0.2, 0) is 4.74 Å². The average Bonchev–Trinajstić information content (AvgIpc) is 1.89. The summed E-state index contributed by atoms with van der Waals surface area (Å²) in [5.74, 6) is 0. The summed E-state index contributed by atoms with van der Waals surface area (Å²) in [6.45, 7) is 3.02. The van der Waals surface area contributed by atoms with Crippen molar-refractivity contribution in [3.8, 4) is 0 Å². The number of ether oxygens (including phenoxy) is 1. The van der Waals surface area contributed by atoms with Gasteiger partial charge in [-0.25, -0.2) is 0 Å². The molecule has 0 N–H and O–H groups in total. The van der Waals surface area contributed by atoms with Gasteiger partial charge in [0.05, 0.1) is 11.5 Å². The van der Waals surface area contributed by atoms with Crippen LogP contribution in [0.2, 0.25) is 0 Å². The largest absolute Gasteiger partial charge is 0.377 e. The van der Waals surface area contributed by atoms with Crippen LogP contribution in [0.4, 0.5) is 0 Å². The Kier molecular flexibility index (Phi) is 2.80. The summed E-state index contributed by atoms with van der Waals surface area (Å²) in [5, 5.41) is 0.267. The van der Waals surface area contributed by atoms with Crippen LogP contribution in [0.15, 0.2) is 0 Å². The van der Waals surface area contributed by atoms with Crippen molar-refractivity contribution in [2.24, 2.45) is 0 Å². The molecule has 0 spiro atoms. The molecule has 1 rings (SSSR count). The van der Waals surface area contributed by atoms with Crippen molar-refractivity contribution in [3.05, 3.63) is 0 Å². The van der Waals surface area contributed by atoms with Crippen LogP contribution < -0.4 is 0 Å². The van der Waals surface area contributed by atoms with E-state index in [9.17, 15) is 0 Å². The minimum absolute atomic E-state index is 0.267. The van der Waals surface area contributed by atoms with Gasteiger partial charge in [-0.15, -0.1) is 11.6 Å². The first-order valence-electron chi connectivity index (χ1n) is 3.60. The lowest BCUT2D eigenvalue weighted by Gasteiger charge is -2.26. The van der Waals surface area contributed by atoms with Gasteiger partial charge in [0.15, 0.2) is 0 Å². The summed E-state index contributed by atoms with van der Waals surface area (Å²) < 4.78 is 5.41. The number of halogens is 1. The summed E-state index contributed by atoms with van der Waals surface area (Å²) >= 11 is 5.96. The molecule has 0 aromatic heterocycles. The Labute approximate surface area is 61.3 Å². The fraction of sp³-hybridized carbons (Fsp3) is 1.00. The molecule has 0 unspecified atom stereocenters. The smallest absolute Gasteiger partial charge is 0.0735 e. The minimum atomic E-state index is 0.267. The van der Waals surface area contributed by atoms with Crippen LogP contribution in [0.3, 0.4) is 0 Å². The maximum Gasteiger partial charge on any atom is 0.0735 e. The van der Waals surface area contributed by atoms with Gasteiger partial charge in [0.25, 0.3) is 0 Å². The predicted molar refractivity (Wildman–Crippen MR) is 38.9 cm³/mol. The summed E-state index contributed by atoms with van der Waals surface area (Å²) in [4.78, 5) is 0. The fourth-order valence-electron chi connectivity index (χ4n) is 1.18. The molecular formula is C7H13ClO. The van der Waals surface area contributed by atoms with E-state index in [1.807, 2.05) is 0 Å². The van der Waals surface area contributed by atoms with E-state index < -0.39 is 0 Å². The van der Waals surface area contributed by atoms with Gasteiger partial charge in [0, 0.05) is 6.61 Å². The van der Waals surface area contributed by atoms with Crippen LogP contribution in [0.5, 0.6) is 0 Å². The average molecular weight is 149 g/mol. The first-order chi connectivity index (χ1) is 4.34. The lowest BCUT2D eigenvalue weighted by Crippen LogP contribution is -2.29. The van der Waals surface area contributed by atoms with Crippen LogP contribution in [0, 0.1) is 0 Å². The Hall–Kier alpha value is 0.250. The van der Waals surface area contributed by atoms with Crippen molar-refractivity contribution in [1.82, 2.24) is 0 Å². The van der Waals surface area contributed by atoms with E-state index in [4.69, 9.17) is 16.3 Å². The van der Waals surface area contributed by atoms with E-state index in [1.54, 1.807) is 0 Å². The molecule has 54 valence electrons. The van der Waals surface area contributed by atoms with E-state index in [1.165, 1.54) is 0 Å². The highest BCUT2D eigenvalue weighted by molar-refractivity contribution is 6.21. The van der Waals surface area contributed by atoms with Crippen molar-refractivity contribution in [2.75, 3.05) is 6.61 Å². The van der Waals surface area contributed by atoms with Crippen LogP contribution in [-0.4, -0.2) is 18.1 Å². The predicted octanol–water partition coefficient (Wildman–Crippen LogP) is 2.18. The molecule has 2 heteroatoms. The fourth-order valence-corrected chi connectivity index (χ4v) is 1.58. The third-order valence-electron chi connectivity index (χ3n) is 1.76. The van der Waals surface area contributed by atoms with Crippen LogP contribution >= 0.6 is 11.6 Å². The number of alkyl halides is 1. The second-order valence-electron chi connectivity index (χ2n) is 2.48. The van der Waals surface area contributed by atoms with Gasteiger partial charge in [0.1, 0.15) is 0 Å². The molecule has 1 fully saturated rings. The zero-order valence-electron chi connectivity index (χ0n) is 5.77. The molecule has 1 heterocycles. The molecule has 1 nitrogen and oxygen atoms in total. The van der Waals surface area contributed by atoms with Gasteiger partial charge >= 0.3 is 0 Å². The van der Waals surface area contributed by atoms with Gasteiger partial charge in [-0.05, 0) is 19.3 Å². The number of rotatable bonds is 1. The zero-order chi connectivity index (χ0) is 6.69. The molecule has 1 saturated heterocycles. The second-order valence-corrected chi connectivity index (χ2v) is 3.04. The molecule has 0 amide bonds. The maximum atomic E-state index is 5.96. The Morgan fingerprint density at radius 1 is 1.67 bits per heavy atom. The van der Waals surface area contributed by atoms with E-state index in [0.29, 0.717) is 6.10 Å². The van der Waals surface area contributed by atoms with Crippen molar-refractivity contribution in [3.63, 3.8) is 0 Å². The molecule has 0 aromatic carbocycles. The number of hydrogen-bond donors (Lipinski definition) is 0. The van der Waals surface area contributed by atoms with Gasteiger partial charge in [-0.3, -0.25) is 0 Å². The van der Waals surface area contributed by atoms with E-state index in [2.05, 4.69) is 6.92 Å². The first kappa shape index (κ1) is 7.36. The van der Waals surface area contributed by atoms with Crippen molar-refractivity contribution < 1.29 is 4.74 Å². The summed E-state index contributed by atoms with van der Waals surface area (Å²) in [6.07, 6.45) is 3.62. The Morgan fingerprint density at radius 3 is 2.89 bits per heavy atom. The van der Waals surface area contributed by atoms with E-state index >= 15 is 0 Å². The zero-order valence-corrected chi connectivity index (χ0v) is 6.53. The molecule has 0 aromatic rings. The van der Waals surface area contributed by atoms with Gasteiger partial charge in [-0.1, -0.05) is 6.92 Å². The lowest BCUT2D eigenvalue weighted by molar-refractivity contribution is 0.0176. The maximum absolute atomic E-state index is 5.96. The quantitative estimate of drug-likeness (QED) is 0.518. The van der Waals surface area contributed by atoms with E-state index in [-0.39, 0.29) is 5.38 Å². The monoisotopic (exact) mass is 148 g/mol. The van der Waals surface area contributed by atoms with E-state index in [0.717, 1.165) is 25.9 Å². The van der Waals surface area contributed by atoms with Crippen LogP contribution in [0.25, 0.3) is 0 Å².